The second-order valence-electron chi connectivity index (χ2n) is 5.77. The van der Waals surface area contributed by atoms with E-state index < -0.39 is 23.2 Å². The topological polar surface area (TPSA) is 70.8 Å². The summed E-state index contributed by atoms with van der Waals surface area (Å²) < 4.78 is 16.7. The number of hydrogen-bond donors (Lipinski definition) is 0. The van der Waals surface area contributed by atoms with Crippen LogP contribution in [0, 0.1) is 10.1 Å². The molecule has 0 bridgehead atoms. The van der Waals surface area contributed by atoms with Crippen molar-refractivity contribution in [1.82, 2.24) is 0 Å². The fraction of sp³-hybridized carbons (Fsp3) is 0.538. The smallest absolute Gasteiger partial charge is 0.497 e. The number of rotatable bonds is 3. The summed E-state index contributed by atoms with van der Waals surface area (Å²) >= 11 is 0. The third kappa shape index (κ3) is 2.38. The molecule has 20 heavy (non-hydrogen) atoms. The molecule has 7 heteroatoms. The first-order chi connectivity index (χ1) is 9.18. The molecule has 1 heterocycles. The highest BCUT2D eigenvalue weighted by molar-refractivity contribution is 6.63. The maximum absolute atomic E-state index is 11.2. The molecule has 1 fully saturated rings. The molecule has 0 saturated carbocycles. The molecular formula is C13H18BNO5. The van der Waals surface area contributed by atoms with E-state index in [2.05, 4.69) is 0 Å². The highest BCUT2D eigenvalue weighted by Crippen LogP contribution is 2.37. The van der Waals surface area contributed by atoms with Crippen LogP contribution in [0.4, 0.5) is 5.69 Å². The second-order valence-corrected chi connectivity index (χ2v) is 5.77. The van der Waals surface area contributed by atoms with E-state index in [9.17, 15) is 10.1 Å². The van der Waals surface area contributed by atoms with Crippen LogP contribution in [0.2, 0.25) is 0 Å². The molecule has 0 aromatic heterocycles. The minimum atomic E-state index is -0.758. The molecule has 0 unspecified atom stereocenters. The van der Waals surface area contributed by atoms with Crippen LogP contribution < -0.4 is 10.2 Å². The first-order valence-electron chi connectivity index (χ1n) is 6.36. The molecule has 0 aliphatic carbocycles. The summed E-state index contributed by atoms with van der Waals surface area (Å²) in [5.41, 5.74) is -0.742. The molecule has 1 aromatic carbocycles. The van der Waals surface area contributed by atoms with Gasteiger partial charge in [-0.05, 0) is 33.8 Å². The largest absolute Gasteiger partial charge is 0.501 e. The number of ether oxygens (including phenoxy) is 1. The quantitative estimate of drug-likeness (QED) is 0.480. The Balaban J connectivity index is 2.42. The monoisotopic (exact) mass is 279 g/mol. The van der Waals surface area contributed by atoms with Crippen LogP contribution in [-0.4, -0.2) is 30.4 Å². The van der Waals surface area contributed by atoms with Gasteiger partial charge in [-0.3, -0.25) is 10.1 Å². The van der Waals surface area contributed by atoms with E-state index in [1.807, 2.05) is 27.7 Å². The lowest BCUT2D eigenvalue weighted by Crippen LogP contribution is -2.41. The molecule has 0 N–H and O–H groups in total. The number of nitro groups is 1. The van der Waals surface area contributed by atoms with E-state index in [0.29, 0.717) is 11.2 Å². The maximum atomic E-state index is 11.2. The fourth-order valence-corrected chi connectivity index (χ4v) is 1.98. The Hall–Kier alpha value is -1.60. The van der Waals surface area contributed by atoms with Gasteiger partial charge in [0.2, 0.25) is 0 Å². The van der Waals surface area contributed by atoms with Crippen LogP contribution in [0.25, 0.3) is 0 Å². The average Bonchev–Trinajstić information content (AvgIpc) is 2.57. The zero-order valence-corrected chi connectivity index (χ0v) is 12.3. The van der Waals surface area contributed by atoms with Gasteiger partial charge >= 0.3 is 7.12 Å². The minimum Gasteiger partial charge on any atom is -0.497 e. The molecule has 108 valence electrons. The van der Waals surface area contributed by atoms with E-state index in [0.717, 1.165) is 0 Å². The summed E-state index contributed by atoms with van der Waals surface area (Å²) in [7, 11) is 0.708. The van der Waals surface area contributed by atoms with Gasteiger partial charge in [-0.1, -0.05) is 6.07 Å². The number of nitro benzene ring substituents is 1. The van der Waals surface area contributed by atoms with Crippen molar-refractivity contribution in [3.8, 4) is 5.75 Å². The van der Waals surface area contributed by atoms with Gasteiger partial charge in [-0.25, -0.2) is 0 Å². The molecule has 1 aliphatic heterocycles. The molecule has 6 nitrogen and oxygen atoms in total. The Bertz CT molecular complexity index is 528. The van der Waals surface area contributed by atoms with Gasteiger partial charge in [0.1, 0.15) is 5.75 Å². The lowest BCUT2D eigenvalue weighted by atomic mass is 9.78. The number of nitrogens with zero attached hydrogens (tertiary/aromatic N) is 1. The lowest BCUT2D eigenvalue weighted by molar-refractivity contribution is -0.383. The molecule has 0 radical (unpaired) electrons. The van der Waals surface area contributed by atoms with Gasteiger partial charge in [0, 0.05) is 0 Å². The summed E-state index contributed by atoms with van der Waals surface area (Å²) in [5, 5.41) is 11.2. The van der Waals surface area contributed by atoms with Gasteiger partial charge in [-0.15, -0.1) is 0 Å². The zero-order valence-electron chi connectivity index (χ0n) is 12.3. The Morgan fingerprint density at radius 3 is 2.20 bits per heavy atom. The number of benzene rings is 1. The van der Waals surface area contributed by atoms with Crippen molar-refractivity contribution in [3.05, 3.63) is 28.3 Å². The molecule has 1 saturated heterocycles. The summed E-state index contributed by atoms with van der Waals surface area (Å²) in [6, 6.07) is 4.65. The SMILES string of the molecule is COc1ccc(B2OC(C)(C)C(C)(C)O2)c([N+](=O)[O-])c1. The van der Waals surface area contributed by atoms with E-state index in [-0.39, 0.29) is 5.69 Å². The van der Waals surface area contributed by atoms with Crippen molar-refractivity contribution in [1.29, 1.82) is 0 Å². The Kier molecular flexibility index (Phi) is 3.52. The first-order valence-corrected chi connectivity index (χ1v) is 6.36. The minimum absolute atomic E-state index is 0.0668. The summed E-state index contributed by atoms with van der Waals surface area (Å²) in [6.07, 6.45) is 0. The Morgan fingerprint density at radius 2 is 1.75 bits per heavy atom. The van der Waals surface area contributed by atoms with E-state index in [1.165, 1.54) is 13.2 Å². The highest BCUT2D eigenvalue weighted by atomic mass is 16.7. The van der Waals surface area contributed by atoms with Crippen LogP contribution in [0.3, 0.4) is 0 Å². The molecule has 0 amide bonds. The standard InChI is InChI=1S/C13H18BNO5/c1-12(2)13(3,4)20-14(19-12)10-7-6-9(18-5)8-11(10)15(16)17/h6-8H,1-5H3. The molecule has 0 spiro atoms. The third-order valence-electron chi connectivity index (χ3n) is 3.94. The molecular weight excluding hydrogens is 261 g/mol. The molecule has 1 aliphatic rings. The molecule has 2 rings (SSSR count). The van der Waals surface area contributed by atoms with Gasteiger partial charge in [0.15, 0.2) is 0 Å². The van der Waals surface area contributed by atoms with E-state index in [1.54, 1.807) is 12.1 Å². The maximum Gasteiger partial charge on any atom is 0.501 e. The van der Waals surface area contributed by atoms with E-state index >= 15 is 0 Å². The second kappa shape index (κ2) is 4.75. The zero-order chi connectivity index (χ0) is 15.1. The Morgan fingerprint density at radius 1 is 1.20 bits per heavy atom. The fourth-order valence-electron chi connectivity index (χ4n) is 1.98. The van der Waals surface area contributed by atoms with Crippen molar-refractivity contribution in [2.45, 2.75) is 38.9 Å². The van der Waals surface area contributed by atoms with E-state index in [4.69, 9.17) is 14.0 Å². The number of hydrogen-bond acceptors (Lipinski definition) is 5. The third-order valence-corrected chi connectivity index (χ3v) is 3.94. The van der Waals surface area contributed by atoms with Crippen molar-refractivity contribution >= 4 is 18.3 Å². The van der Waals surface area contributed by atoms with Gasteiger partial charge in [0.05, 0.1) is 34.8 Å². The predicted molar refractivity (Wildman–Crippen MR) is 75.4 cm³/mol. The van der Waals surface area contributed by atoms with Gasteiger partial charge < -0.3 is 14.0 Å². The summed E-state index contributed by atoms with van der Waals surface area (Å²) in [5.74, 6) is 0.428. The van der Waals surface area contributed by atoms with Crippen molar-refractivity contribution < 1.29 is 19.0 Å². The van der Waals surface area contributed by atoms with Gasteiger partial charge in [-0.2, -0.15) is 0 Å². The molecule has 0 atom stereocenters. The highest BCUT2D eigenvalue weighted by Gasteiger charge is 2.53. The van der Waals surface area contributed by atoms with Crippen LogP contribution in [0.1, 0.15) is 27.7 Å². The predicted octanol–water partition coefficient (Wildman–Crippen LogP) is 1.90. The average molecular weight is 279 g/mol. The van der Waals surface area contributed by atoms with Crippen molar-refractivity contribution in [2.24, 2.45) is 0 Å². The van der Waals surface area contributed by atoms with Crippen LogP contribution >= 0.6 is 0 Å². The number of methoxy groups -OCH3 is 1. The van der Waals surface area contributed by atoms with Crippen LogP contribution in [0.15, 0.2) is 18.2 Å². The first kappa shape index (κ1) is 14.8. The van der Waals surface area contributed by atoms with Gasteiger partial charge in [0.25, 0.3) is 5.69 Å². The van der Waals surface area contributed by atoms with Crippen LogP contribution in [0.5, 0.6) is 5.75 Å². The van der Waals surface area contributed by atoms with Crippen LogP contribution in [-0.2, 0) is 9.31 Å². The lowest BCUT2D eigenvalue weighted by Gasteiger charge is -2.32. The van der Waals surface area contributed by atoms with Crippen molar-refractivity contribution in [3.63, 3.8) is 0 Å². The molecule has 1 aromatic rings. The summed E-state index contributed by atoms with van der Waals surface area (Å²) in [4.78, 5) is 10.8. The summed E-state index contributed by atoms with van der Waals surface area (Å²) in [6.45, 7) is 7.62. The Labute approximate surface area is 118 Å². The van der Waals surface area contributed by atoms with Crippen molar-refractivity contribution in [2.75, 3.05) is 7.11 Å². The normalized spacial score (nSPS) is 19.9.